The Hall–Kier alpha value is -2.71. The quantitative estimate of drug-likeness (QED) is 0.773. The monoisotopic (exact) mass is 402 g/mol. The zero-order valence-electron chi connectivity index (χ0n) is 15.6. The van der Waals surface area contributed by atoms with E-state index in [4.69, 9.17) is 0 Å². The van der Waals surface area contributed by atoms with Gasteiger partial charge in [-0.3, -0.25) is 9.59 Å². The van der Waals surface area contributed by atoms with Crippen molar-refractivity contribution in [1.29, 1.82) is 0 Å². The Bertz CT molecular complexity index is 1000. The molecule has 8 heteroatoms. The van der Waals surface area contributed by atoms with Gasteiger partial charge in [0.2, 0.25) is 15.9 Å². The van der Waals surface area contributed by atoms with Gasteiger partial charge in [-0.05, 0) is 42.7 Å². The first kappa shape index (κ1) is 20.0. The number of benzene rings is 2. The van der Waals surface area contributed by atoms with Crippen molar-refractivity contribution in [3.8, 4) is 0 Å². The van der Waals surface area contributed by atoms with E-state index >= 15 is 0 Å². The molecule has 148 valence electrons. The highest BCUT2D eigenvalue weighted by Crippen LogP contribution is 2.34. The van der Waals surface area contributed by atoms with Crippen molar-refractivity contribution in [2.75, 3.05) is 4.90 Å². The van der Waals surface area contributed by atoms with E-state index in [1.54, 1.807) is 47.4 Å². The Morgan fingerprint density at radius 1 is 1.21 bits per heavy atom. The van der Waals surface area contributed by atoms with Crippen LogP contribution in [0.2, 0.25) is 0 Å². The summed E-state index contributed by atoms with van der Waals surface area (Å²) in [5, 5.41) is 9.18. The van der Waals surface area contributed by atoms with E-state index in [2.05, 4.69) is 4.72 Å². The van der Waals surface area contributed by atoms with Crippen LogP contribution in [0.25, 0.3) is 0 Å². The largest absolute Gasteiger partial charge is 0.481 e. The predicted octanol–water partition coefficient (Wildman–Crippen LogP) is 2.48. The van der Waals surface area contributed by atoms with Gasteiger partial charge in [-0.25, -0.2) is 13.1 Å². The fourth-order valence-corrected chi connectivity index (χ4v) is 4.87. The van der Waals surface area contributed by atoms with Crippen LogP contribution in [0.3, 0.4) is 0 Å². The number of nitrogens with zero attached hydrogens (tertiary/aromatic N) is 1. The number of hydrogen-bond donors (Lipinski definition) is 2. The number of sulfonamides is 1. The summed E-state index contributed by atoms with van der Waals surface area (Å²) in [6.45, 7) is 3.39. The topological polar surface area (TPSA) is 104 Å². The number of hydrogen-bond acceptors (Lipinski definition) is 4. The summed E-state index contributed by atoms with van der Waals surface area (Å²) >= 11 is 0. The van der Waals surface area contributed by atoms with Crippen LogP contribution in [-0.2, 0) is 26.0 Å². The number of fused-ring (bicyclic) bond motifs is 1. The lowest BCUT2D eigenvalue weighted by Gasteiger charge is -2.21. The average Bonchev–Trinajstić information content (AvgIpc) is 2.96. The van der Waals surface area contributed by atoms with Crippen molar-refractivity contribution in [2.45, 2.75) is 43.7 Å². The van der Waals surface area contributed by atoms with Gasteiger partial charge in [0, 0.05) is 18.7 Å². The molecule has 0 aromatic heterocycles. The second kappa shape index (κ2) is 7.73. The van der Waals surface area contributed by atoms with Crippen molar-refractivity contribution < 1.29 is 23.1 Å². The van der Waals surface area contributed by atoms with Crippen LogP contribution in [0.5, 0.6) is 0 Å². The Balaban J connectivity index is 1.91. The van der Waals surface area contributed by atoms with E-state index in [-0.39, 0.29) is 23.3 Å². The molecular weight excluding hydrogens is 380 g/mol. The van der Waals surface area contributed by atoms with Crippen LogP contribution in [0.1, 0.15) is 37.4 Å². The number of anilines is 1. The second-order valence-electron chi connectivity index (χ2n) is 6.92. The van der Waals surface area contributed by atoms with Gasteiger partial charge in [0.1, 0.15) is 0 Å². The minimum atomic E-state index is -3.95. The standard InChI is InChI=1S/C20H22N2O5S/c1-13-10-16-11-17(8-9-19(16)22(13)14(2)23)28(26,27)21-18(12-20(24)25)15-6-4-3-5-7-15/h3-9,11,13,18,21H,10,12H2,1-2H3,(H,24,25)/t13-,18+/m1/s1. The molecule has 0 radical (unpaired) electrons. The Morgan fingerprint density at radius 3 is 2.50 bits per heavy atom. The lowest BCUT2D eigenvalue weighted by molar-refractivity contribution is -0.137. The third-order valence-electron chi connectivity index (χ3n) is 4.79. The molecule has 1 aliphatic heterocycles. The minimum Gasteiger partial charge on any atom is -0.481 e. The number of carbonyl (C=O) groups is 2. The second-order valence-corrected chi connectivity index (χ2v) is 8.63. The molecule has 0 spiro atoms. The molecule has 0 bridgehead atoms. The van der Waals surface area contributed by atoms with Crippen LogP contribution in [0.4, 0.5) is 5.69 Å². The molecule has 1 amide bonds. The molecule has 2 atom stereocenters. The van der Waals surface area contributed by atoms with Crippen molar-refractivity contribution in [3.05, 3.63) is 59.7 Å². The first-order valence-electron chi connectivity index (χ1n) is 8.91. The highest BCUT2D eigenvalue weighted by atomic mass is 32.2. The fourth-order valence-electron chi connectivity index (χ4n) is 3.60. The Labute approximate surface area is 164 Å². The number of carbonyl (C=O) groups excluding carboxylic acids is 1. The third-order valence-corrected chi connectivity index (χ3v) is 6.26. The van der Waals surface area contributed by atoms with Crippen molar-refractivity contribution >= 4 is 27.6 Å². The van der Waals surface area contributed by atoms with E-state index < -0.39 is 22.0 Å². The van der Waals surface area contributed by atoms with Crippen LogP contribution < -0.4 is 9.62 Å². The minimum absolute atomic E-state index is 0.0394. The lowest BCUT2D eigenvalue weighted by Crippen LogP contribution is -2.33. The van der Waals surface area contributed by atoms with E-state index in [9.17, 15) is 23.1 Å². The van der Waals surface area contributed by atoms with Crippen molar-refractivity contribution in [2.24, 2.45) is 0 Å². The molecule has 1 heterocycles. The van der Waals surface area contributed by atoms with Gasteiger partial charge in [0.25, 0.3) is 0 Å². The molecule has 2 aromatic carbocycles. The molecule has 0 saturated carbocycles. The summed E-state index contributed by atoms with van der Waals surface area (Å²) in [5.41, 5.74) is 2.06. The van der Waals surface area contributed by atoms with Gasteiger partial charge in [0.15, 0.2) is 0 Å². The van der Waals surface area contributed by atoms with Gasteiger partial charge >= 0.3 is 5.97 Å². The molecule has 28 heavy (non-hydrogen) atoms. The first-order chi connectivity index (χ1) is 13.2. The maximum atomic E-state index is 12.9. The third kappa shape index (κ3) is 4.07. The van der Waals surface area contributed by atoms with Crippen LogP contribution in [-0.4, -0.2) is 31.4 Å². The summed E-state index contributed by atoms with van der Waals surface area (Å²) in [4.78, 5) is 24.8. The SMILES string of the molecule is CC(=O)N1c2ccc(S(=O)(=O)N[C@@H](CC(=O)O)c3ccccc3)cc2C[C@H]1C. The molecule has 2 aromatic rings. The van der Waals surface area contributed by atoms with E-state index in [1.807, 2.05) is 6.92 Å². The number of carboxylic acids is 1. The summed E-state index contributed by atoms with van der Waals surface area (Å²) in [6.07, 6.45) is 0.193. The van der Waals surface area contributed by atoms with Crippen molar-refractivity contribution in [1.82, 2.24) is 4.72 Å². The number of nitrogens with one attached hydrogen (secondary N) is 1. The zero-order chi connectivity index (χ0) is 20.5. The maximum Gasteiger partial charge on any atom is 0.305 e. The molecule has 0 saturated heterocycles. The molecule has 3 rings (SSSR count). The average molecular weight is 402 g/mol. The highest BCUT2D eigenvalue weighted by molar-refractivity contribution is 7.89. The van der Waals surface area contributed by atoms with Gasteiger partial charge in [-0.15, -0.1) is 0 Å². The molecule has 1 aliphatic rings. The molecule has 0 aliphatic carbocycles. The summed E-state index contributed by atoms with van der Waals surface area (Å²) in [5.74, 6) is -1.19. The van der Waals surface area contributed by atoms with E-state index in [1.165, 1.54) is 13.0 Å². The molecule has 0 unspecified atom stereocenters. The highest BCUT2D eigenvalue weighted by Gasteiger charge is 2.31. The van der Waals surface area contributed by atoms with Gasteiger partial charge in [0.05, 0.1) is 17.4 Å². The van der Waals surface area contributed by atoms with Crippen molar-refractivity contribution in [3.63, 3.8) is 0 Å². The summed E-state index contributed by atoms with van der Waals surface area (Å²) < 4.78 is 28.3. The number of rotatable bonds is 6. The molecule has 7 nitrogen and oxygen atoms in total. The lowest BCUT2D eigenvalue weighted by atomic mass is 10.1. The Kier molecular flexibility index (Phi) is 5.53. The number of carboxylic acid groups (broad SMARTS) is 1. The molecule has 2 N–H and O–H groups in total. The fraction of sp³-hybridized carbons (Fsp3) is 0.300. The van der Waals surface area contributed by atoms with E-state index in [0.29, 0.717) is 17.7 Å². The van der Waals surface area contributed by atoms with Crippen LogP contribution in [0.15, 0.2) is 53.4 Å². The van der Waals surface area contributed by atoms with Gasteiger partial charge in [-0.2, -0.15) is 0 Å². The van der Waals surface area contributed by atoms with Gasteiger partial charge < -0.3 is 10.0 Å². The van der Waals surface area contributed by atoms with Gasteiger partial charge in [-0.1, -0.05) is 30.3 Å². The maximum absolute atomic E-state index is 12.9. The molecule has 0 fully saturated rings. The predicted molar refractivity (Wildman–Crippen MR) is 105 cm³/mol. The summed E-state index contributed by atoms with van der Waals surface area (Å²) in [6, 6.07) is 12.3. The normalized spacial score (nSPS) is 17.2. The van der Waals surface area contributed by atoms with Crippen LogP contribution in [0, 0.1) is 0 Å². The Morgan fingerprint density at radius 2 is 1.89 bits per heavy atom. The number of aliphatic carboxylic acids is 1. The van der Waals surface area contributed by atoms with E-state index in [0.717, 1.165) is 5.56 Å². The first-order valence-corrected chi connectivity index (χ1v) is 10.4. The smallest absolute Gasteiger partial charge is 0.305 e. The summed E-state index contributed by atoms with van der Waals surface area (Å²) in [7, 11) is -3.95. The molecular formula is C20H22N2O5S. The van der Waals surface area contributed by atoms with Crippen LogP contribution >= 0.6 is 0 Å². The number of amides is 1. The zero-order valence-corrected chi connectivity index (χ0v) is 16.4.